The second kappa shape index (κ2) is 8.48. The second-order valence-electron chi connectivity index (χ2n) is 6.90. The second-order valence-corrected chi connectivity index (χ2v) is 6.90. The summed E-state index contributed by atoms with van der Waals surface area (Å²) in [4.78, 5) is 12.5. The molecule has 2 nitrogen and oxygen atoms in total. The standard InChI is InChI=1S/C26H17F3O2/c27-26(28,29)21-10-6-9-20(17-21)23-11-4-5-12-24(23)31-22-15-13-19(14-16-22)25(30)18-7-2-1-3-8-18/h1-17H. The first-order chi connectivity index (χ1) is 14.9. The van der Waals surface area contributed by atoms with Crippen LogP contribution in [0.5, 0.6) is 11.5 Å². The van der Waals surface area contributed by atoms with E-state index >= 15 is 0 Å². The molecule has 0 fully saturated rings. The van der Waals surface area contributed by atoms with Crippen molar-refractivity contribution in [3.05, 3.63) is 120 Å². The zero-order chi connectivity index (χ0) is 21.8. The molecular weight excluding hydrogens is 401 g/mol. The maximum atomic E-state index is 13.1. The predicted molar refractivity (Wildman–Crippen MR) is 113 cm³/mol. The molecule has 31 heavy (non-hydrogen) atoms. The summed E-state index contributed by atoms with van der Waals surface area (Å²) in [6, 6.07) is 27.6. The zero-order valence-electron chi connectivity index (χ0n) is 16.3. The Bertz CT molecular complexity index is 1200. The van der Waals surface area contributed by atoms with Gasteiger partial charge in [-0.25, -0.2) is 0 Å². The summed E-state index contributed by atoms with van der Waals surface area (Å²) in [6.07, 6.45) is -4.42. The van der Waals surface area contributed by atoms with E-state index in [4.69, 9.17) is 4.74 Å². The minimum absolute atomic E-state index is 0.100. The minimum atomic E-state index is -4.42. The quantitative estimate of drug-likeness (QED) is 0.316. The van der Waals surface area contributed by atoms with Gasteiger partial charge >= 0.3 is 6.18 Å². The lowest BCUT2D eigenvalue weighted by Crippen LogP contribution is -2.04. The summed E-state index contributed by atoms with van der Waals surface area (Å²) in [5.41, 5.74) is 1.33. The van der Waals surface area contributed by atoms with Crippen LogP contribution >= 0.6 is 0 Å². The van der Waals surface area contributed by atoms with E-state index in [0.717, 1.165) is 12.1 Å². The average Bonchev–Trinajstić information content (AvgIpc) is 2.80. The Morgan fingerprint density at radius 3 is 2.03 bits per heavy atom. The lowest BCUT2D eigenvalue weighted by atomic mass is 10.0. The number of halogens is 3. The Balaban J connectivity index is 1.59. The Kier molecular flexibility index (Phi) is 5.58. The van der Waals surface area contributed by atoms with Crippen molar-refractivity contribution in [3.8, 4) is 22.6 Å². The van der Waals surface area contributed by atoms with Gasteiger partial charge in [-0.2, -0.15) is 13.2 Å². The lowest BCUT2D eigenvalue weighted by Gasteiger charge is -2.13. The van der Waals surface area contributed by atoms with Gasteiger partial charge in [-0.15, -0.1) is 0 Å². The number of para-hydroxylation sites is 1. The third-order valence-corrected chi connectivity index (χ3v) is 4.77. The summed E-state index contributed by atoms with van der Waals surface area (Å²) in [6.45, 7) is 0. The Morgan fingerprint density at radius 2 is 1.32 bits per heavy atom. The smallest absolute Gasteiger partial charge is 0.416 e. The first-order valence-electron chi connectivity index (χ1n) is 9.56. The molecule has 0 N–H and O–H groups in total. The first kappa shape index (κ1) is 20.4. The van der Waals surface area contributed by atoms with Crippen molar-refractivity contribution in [2.75, 3.05) is 0 Å². The van der Waals surface area contributed by atoms with E-state index < -0.39 is 11.7 Å². The molecule has 0 aromatic heterocycles. The van der Waals surface area contributed by atoms with Gasteiger partial charge < -0.3 is 4.74 Å². The molecule has 4 aromatic rings. The van der Waals surface area contributed by atoms with Crippen molar-refractivity contribution in [1.82, 2.24) is 0 Å². The number of benzene rings is 4. The number of ketones is 1. The number of carbonyl (C=O) groups excluding carboxylic acids is 1. The fraction of sp³-hybridized carbons (Fsp3) is 0.0385. The number of hydrogen-bond acceptors (Lipinski definition) is 2. The molecule has 0 heterocycles. The molecule has 0 atom stereocenters. The van der Waals surface area contributed by atoms with E-state index in [-0.39, 0.29) is 5.78 Å². The number of alkyl halides is 3. The monoisotopic (exact) mass is 418 g/mol. The summed E-state index contributed by atoms with van der Waals surface area (Å²) in [7, 11) is 0. The summed E-state index contributed by atoms with van der Waals surface area (Å²) < 4.78 is 45.2. The summed E-state index contributed by atoms with van der Waals surface area (Å²) >= 11 is 0. The van der Waals surface area contributed by atoms with E-state index in [9.17, 15) is 18.0 Å². The van der Waals surface area contributed by atoms with Crippen molar-refractivity contribution < 1.29 is 22.7 Å². The third-order valence-electron chi connectivity index (χ3n) is 4.77. The van der Waals surface area contributed by atoms with Gasteiger partial charge in [-0.05, 0) is 48.0 Å². The number of hydrogen-bond donors (Lipinski definition) is 0. The lowest BCUT2D eigenvalue weighted by molar-refractivity contribution is -0.137. The van der Waals surface area contributed by atoms with Gasteiger partial charge in [0.1, 0.15) is 11.5 Å². The number of ether oxygens (including phenoxy) is 1. The molecule has 0 aliphatic carbocycles. The molecule has 0 bridgehead atoms. The summed E-state index contributed by atoms with van der Waals surface area (Å²) in [5.74, 6) is 0.796. The molecule has 154 valence electrons. The van der Waals surface area contributed by atoms with Crippen LogP contribution in [0.15, 0.2) is 103 Å². The Hall–Kier alpha value is -3.86. The van der Waals surface area contributed by atoms with E-state index in [2.05, 4.69) is 0 Å². The van der Waals surface area contributed by atoms with E-state index in [0.29, 0.717) is 33.8 Å². The van der Waals surface area contributed by atoms with Gasteiger partial charge in [0.2, 0.25) is 0 Å². The molecule has 0 saturated heterocycles. The average molecular weight is 418 g/mol. The van der Waals surface area contributed by atoms with E-state index in [1.807, 2.05) is 6.07 Å². The highest BCUT2D eigenvalue weighted by Gasteiger charge is 2.30. The predicted octanol–water partition coefficient (Wildman–Crippen LogP) is 7.40. The molecule has 0 unspecified atom stereocenters. The molecule has 0 aliphatic heterocycles. The molecule has 5 heteroatoms. The van der Waals surface area contributed by atoms with Gasteiger partial charge in [0.15, 0.2) is 5.78 Å². The van der Waals surface area contributed by atoms with Crippen molar-refractivity contribution in [1.29, 1.82) is 0 Å². The molecule has 0 saturated carbocycles. The van der Waals surface area contributed by atoms with Gasteiger partial charge in [-0.3, -0.25) is 4.79 Å². The van der Waals surface area contributed by atoms with Crippen LogP contribution in [0.25, 0.3) is 11.1 Å². The number of rotatable bonds is 5. The fourth-order valence-electron chi connectivity index (χ4n) is 3.21. The molecule has 0 aliphatic rings. The molecular formula is C26H17F3O2. The number of carbonyl (C=O) groups is 1. The van der Waals surface area contributed by atoms with Crippen LogP contribution in [0.3, 0.4) is 0 Å². The van der Waals surface area contributed by atoms with Crippen LogP contribution in [0, 0.1) is 0 Å². The first-order valence-corrected chi connectivity index (χ1v) is 9.56. The van der Waals surface area contributed by atoms with Crippen LogP contribution in [0.2, 0.25) is 0 Å². The van der Waals surface area contributed by atoms with E-state index in [1.165, 1.54) is 6.07 Å². The highest BCUT2D eigenvalue weighted by molar-refractivity contribution is 6.09. The van der Waals surface area contributed by atoms with Crippen molar-refractivity contribution in [2.45, 2.75) is 6.18 Å². The Labute approximate surface area is 177 Å². The van der Waals surface area contributed by atoms with Gasteiger partial charge in [-0.1, -0.05) is 60.7 Å². The Morgan fingerprint density at radius 1 is 0.677 bits per heavy atom. The van der Waals surface area contributed by atoms with Crippen LogP contribution in [-0.4, -0.2) is 5.78 Å². The zero-order valence-corrected chi connectivity index (χ0v) is 16.3. The van der Waals surface area contributed by atoms with Crippen LogP contribution < -0.4 is 4.74 Å². The van der Waals surface area contributed by atoms with Crippen molar-refractivity contribution in [2.24, 2.45) is 0 Å². The highest BCUT2D eigenvalue weighted by atomic mass is 19.4. The maximum absolute atomic E-state index is 13.1. The topological polar surface area (TPSA) is 26.3 Å². The van der Waals surface area contributed by atoms with Gasteiger partial charge in [0, 0.05) is 16.7 Å². The normalized spacial score (nSPS) is 11.2. The van der Waals surface area contributed by atoms with Gasteiger partial charge in [0.05, 0.1) is 5.56 Å². The molecule has 0 spiro atoms. The van der Waals surface area contributed by atoms with Crippen LogP contribution in [-0.2, 0) is 6.18 Å². The van der Waals surface area contributed by atoms with Crippen molar-refractivity contribution in [3.63, 3.8) is 0 Å². The SMILES string of the molecule is O=C(c1ccccc1)c1ccc(Oc2ccccc2-c2cccc(C(F)(F)F)c2)cc1. The molecule has 4 rings (SSSR count). The fourth-order valence-corrected chi connectivity index (χ4v) is 3.21. The maximum Gasteiger partial charge on any atom is 0.416 e. The molecule has 0 radical (unpaired) electrons. The third kappa shape index (κ3) is 4.67. The van der Waals surface area contributed by atoms with Crippen LogP contribution in [0.1, 0.15) is 21.5 Å². The van der Waals surface area contributed by atoms with Crippen LogP contribution in [0.4, 0.5) is 13.2 Å². The molecule has 0 amide bonds. The van der Waals surface area contributed by atoms with Crippen molar-refractivity contribution >= 4 is 5.78 Å². The highest BCUT2D eigenvalue weighted by Crippen LogP contribution is 2.37. The molecule has 4 aromatic carbocycles. The largest absolute Gasteiger partial charge is 0.457 e. The van der Waals surface area contributed by atoms with E-state index in [1.54, 1.807) is 78.9 Å². The van der Waals surface area contributed by atoms with Gasteiger partial charge in [0.25, 0.3) is 0 Å². The minimum Gasteiger partial charge on any atom is -0.457 e. The summed E-state index contributed by atoms with van der Waals surface area (Å²) in [5, 5.41) is 0.